The monoisotopic (exact) mass is 289 g/mol. The van der Waals surface area contributed by atoms with Gasteiger partial charge in [0.25, 0.3) is 0 Å². The summed E-state index contributed by atoms with van der Waals surface area (Å²) in [7, 11) is 1.91. The molecule has 4 heteroatoms. The fourth-order valence-electron chi connectivity index (χ4n) is 2.81. The van der Waals surface area contributed by atoms with Crippen LogP contribution in [0.15, 0.2) is 24.3 Å². The first-order valence-electron chi connectivity index (χ1n) is 8.09. The predicted octanol–water partition coefficient (Wildman–Crippen LogP) is 3.01. The molecule has 116 valence electrons. The van der Waals surface area contributed by atoms with Gasteiger partial charge in [-0.2, -0.15) is 0 Å². The molecule has 4 nitrogen and oxygen atoms in total. The summed E-state index contributed by atoms with van der Waals surface area (Å²) in [5.41, 5.74) is 2.12. The van der Waals surface area contributed by atoms with Gasteiger partial charge < -0.3 is 15.5 Å². The second-order valence-electron chi connectivity index (χ2n) is 5.67. The molecule has 1 fully saturated rings. The maximum absolute atomic E-state index is 12.0. The molecule has 0 unspecified atom stereocenters. The van der Waals surface area contributed by atoms with Crippen LogP contribution in [0.5, 0.6) is 0 Å². The number of nitrogens with one attached hydrogen (secondary N) is 2. The number of hydrogen-bond acceptors (Lipinski definition) is 3. The van der Waals surface area contributed by atoms with Crippen LogP contribution in [0.25, 0.3) is 0 Å². The first kappa shape index (κ1) is 15.8. The highest BCUT2D eigenvalue weighted by molar-refractivity contribution is 5.94. The van der Waals surface area contributed by atoms with Crippen LogP contribution >= 0.6 is 0 Å². The van der Waals surface area contributed by atoms with Crippen LogP contribution in [0.1, 0.15) is 38.5 Å². The normalized spacial score (nSPS) is 15.6. The molecule has 1 saturated heterocycles. The van der Waals surface area contributed by atoms with Gasteiger partial charge in [-0.05, 0) is 45.0 Å². The fourth-order valence-corrected chi connectivity index (χ4v) is 2.81. The highest BCUT2D eigenvalue weighted by Gasteiger charge is 2.14. The molecule has 21 heavy (non-hydrogen) atoms. The third kappa shape index (κ3) is 5.05. The summed E-state index contributed by atoms with van der Waals surface area (Å²) in [6, 6.07) is 8.17. The minimum atomic E-state index is 0.104. The van der Waals surface area contributed by atoms with Crippen molar-refractivity contribution in [3.8, 4) is 0 Å². The van der Waals surface area contributed by atoms with E-state index < -0.39 is 0 Å². The van der Waals surface area contributed by atoms with E-state index in [0.29, 0.717) is 6.42 Å². The van der Waals surface area contributed by atoms with Crippen molar-refractivity contribution < 1.29 is 4.79 Å². The Labute approximate surface area is 127 Å². The Morgan fingerprint density at radius 3 is 2.57 bits per heavy atom. The van der Waals surface area contributed by atoms with E-state index >= 15 is 0 Å². The van der Waals surface area contributed by atoms with Crippen LogP contribution in [0.2, 0.25) is 0 Å². The average molecular weight is 289 g/mol. The first-order valence-corrected chi connectivity index (χ1v) is 8.09. The zero-order chi connectivity index (χ0) is 14.9. The van der Waals surface area contributed by atoms with Crippen molar-refractivity contribution in [2.45, 2.75) is 38.5 Å². The van der Waals surface area contributed by atoms with Crippen molar-refractivity contribution in [2.75, 3.05) is 36.9 Å². The van der Waals surface area contributed by atoms with Gasteiger partial charge >= 0.3 is 0 Å². The van der Waals surface area contributed by atoms with Crippen molar-refractivity contribution >= 4 is 17.3 Å². The van der Waals surface area contributed by atoms with E-state index in [0.717, 1.165) is 31.7 Å². The lowest BCUT2D eigenvalue weighted by Gasteiger charge is -2.25. The molecular formula is C17H27N3O. The summed E-state index contributed by atoms with van der Waals surface area (Å²) in [5, 5.41) is 6.15. The molecule has 2 rings (SSSR count). The van der Waals surface area contributed by atoms with Gasteiger partial charge in [0.05, 0.1) is 11.4 Å². The van der Waals surface area contributed by atoms with Crippen molar-refractivity contribution in [2.24, 2.45) is 0 Å². The predicted molar refractivity (Wildman–Crippen MR) is 88.9 cm³/mol. The number of para-hydroxylation sites is 2. The van der Waals surface area contributed by atoms with Gasteiger partial charge in [-0.15, -0.1) is 0 Å². The van der Waals surface area contributed by atoms with Crippen LogP contribution < -0.4 is 15.5 Å². The van der Waals surface area contributed by atoms with E-state index in [1.54, 1.807) is 0 Å². The molecule has 0 spiro atoms. The largest absolute Gasteiger partial charge is 0.370 e. The lowest BCUT2D eigenvalue weighted by Crippen LogP contribution is -2.25. The second-order valence-corrected chi connectivity index (χ2v) is 5.67. The second kappa shape index (κ2) is 8.67. The molecule has 1 aromatic rings. The van der Waals surface area contributed by atoms with E-state index in [1.165, 1.54) is 31.4 Å². The average Bonchev–Trinajstić information content (AvgIpc) is 2.77. The smallest absolute Gasteiger partial charge is 0.224 e. The van der Waals surface area contributed by atoms with E-state index in [-0.39, 0.29) is 5.91 Å². The van der Waals surface area contributed by atoms with Crippen LogP contribution in [-0.2, 0) is 4.79 Å². The van der Waals surface area contributed by atoms with Gasteiger partial charge in [0.1, 0.15) is 0 Å². The molecule has 1 aromatic carbocycles. The van der Waals surface area contributed by atoms with Gasteiger partial charge in [-0.1, -0.05) is 25.0 Å². The van der Waals surface area contributed by atoms with Gasteiger partial charge in [0, 0.05) is 19.5 Å². The minimum absolute atomic E-state index is 0.104. The van der Waals surface area contributed by atoms with Crippen molar-refractivity contribution in [3.05, 3.63) is 24.3 Å². The molecule has 0 aromatic heterocycles. The lowest BCUT2D eigenvalue weighted by molar-refractivity contribution is -0.116. The number of anilines is 2. The van der Waals surface area contributed by atoms with Crippen molar-refractivity contribution in [1.82, 2.24) is 5.32 Å². The Hall–Kier alpha value is -1.55. The zero-order valence-electron chi connectivity index (χ0n) is 13.0. The summed E-state index contributed by atoms with van der Waals surface area (Å²) in [4.78, 5) is 14.4. The van der Waals surface area contributed by atoms with Crippen molar-refractivity contribution in [3.63, 3.8) is 0 Å². The van der Waals surface area contributed by atoms with Crippen LogP contribution in [-0.4, -0.2) is 32.6 Å². The van der Waals surface area contributed by atoms with E-state index in [9.17, 15) is 4.79 Å². The Morgan fingerprint density at radius 1 is 1.14 bits per heavy atom. The third-order valence-corrected chi connectivity index (χ3v) is 3.96. The number of benzene rings is 1. The summed E-state index contributed by atoms with van der Waals surface area (Å²) in [5.74, 6) is 0.104. The topological polar surface area (TPSA) is 44.4 Å². The van der Waals surface area contributed by atoms with Gasteiger partial charge in [0.15, 0.2) is 0 Å². The summed E-state index contributed by atoms with van der Waals surface area (Å²) in [6.07, 6.45) is 6.54. The minimum Gasteiger partial charge on any atom is -0.370 e. The molecule has 0 atom stereocenters. The van der Waals surface area contributed by atoms with Gasteiger partial charge in [0.2, 0.25) is 5.91 Å². The summed E-state index contributed by atoms with van der Waals surface area (Å²) >= 11 is 0. The molecule has 1 aliphatic heterocycles. The Bertz CT molecular complexity index is 439. The SMILES string of the molecule is CNCCCC(=O)Nc1ccccc1N1CCCCCC1. The highest BCUT2D eigenvalue weighted by atomic mass is 16.1. The van der Waals surface area contributed by atoms with Crippen LogP contribution in [0.4, 0.5) is 11.4 Å². The fraction of sp³-hybridized carbons (Fsp3) is 0.588. The Morgan fingerprint density at radius 2 is 1.86 bits per heavy atom. The molecule has 2 N–H and O–H groups in total. The van der Waals surface area contributed by atoms with Gasteiger partial charge in [-0.3, -0.25) is 4.79 Å². The number of carbonyl (C=O) groups excluding carboxylic acids is 1. The van der Waals surface area contributed by atoms with E-state index in [2.05, 4.69) is 27.7 Å². The first-order chi connectivity index (χ1) is 10.3. The van der Waals surface area contributed by atoms with E-state index in [4.69, 9.17) is 0 Å². The van der Waals surface area contributed by atoms with E-state index in [1.807, 2.05) is 19.2 Å². The standard InChI is InChI=1S/C17H27N3O/c1-18-12-8-11-17(21)19-15-9-4-5-10-16(15)20-13-6-2-3-7-14-20/h4-5,9-10,18H,2-3,6-8,11-14H2,1H3,(H,19,21). The third-order valence-electron chi connectivity index (χ3n) is 3.96. The van der Waals surface area contributed by atoms with Crippen LogP contribution in [0.3, 0.4) is 0 Å². The number of amides is 1. The number of nitrogens with zero attached hydrogens (tertiary/aromatic N) is 1. The molecule has 1 aliphatic rings. The number of hydrogen-bond donors (Lipinski definition) is 2. The molecular weight excluding hydrogens is 262 g/mol. The van der Waals surface area contributed by atoms with Crippen LogP contribution in [0, 0.1) is 0 Å². The maximum atomic E-state index is 12.0. The molecule has 1 heterocycles. The van der Waals surface area contributed by atoms with Gasteiger partial charge in [-0.25, -0.2) is 0 Å². The highest BCUT2D eigenvalue weighted by Crippen LogP contribution is 2.28. The summed E-state index contributed by atoms with van der Waals surface area (Å²) < 4.78 is 0. The molecule has 0 saturated carbocycles. The Kier molecular flexibility index (Phi) is 6.54. The van der Waals surface area contributed by atoms with Crippen molar-refractivity contribution in [1.29, 1.82) is 0 Å². The molecule has 0 bridgehead atoms. The lowest BCUT2D eigenvalue weighted by atomic mass is 10.2. The Balaban J connectivity index is 2.00. The molecule has 0 radical (unpaired) electrons. The molecule has 0 aliphatic carbocycles. The molecule has 1 amide bonds. The summed E-state index contributed by atoms with van der Waals surface area (Å²) in [6.45, 7) is 3.06. The zero-order valence-corrected chi connectivity index (χ0v) is 13.0. The number of rotatable bonds is 6. The quantitative estimate of drug-likeness (QED) is 0.791. The maximum Gasteiger partial charge on any atom is 0.224 e. The number of carbonyl (C=O) groups is 1.